The minimum Gasteiger partial charge on any atom is -0.497 e. The predicted molar refractivity (Wildman–Crippen MR) is 138 cm³/mol. The molecule has 15 heteroatoms. The Morgan fingerprint density at radius 2 is 1.92 bits per heavy atom. The van der Waals surface area contributed by atoms with Gasteiger partial charge in [-0.2, -0.15) is 4.98 Å². The molecule has 0 radical (unpaired) electrons. The second kappa shape index (κ2) is 10.7. The lowest BCUT2D eigenvalue weighted by molar-refractivity contribution is -0.0577. The van der Waals surface area contributed by atoms with Crippen molar-refractivity contribution in [1.29, 1.82) is 0 Å². The second-order valence-corrected chi connectivity index (χ2v) is 12.6. The Balaban J connectivity index is 1.50. The lowest BCUT2D eigenvalue weighted by Gasteiger charge is -2.26. The fourth-order valence-electron chi connectivity index (χ4n) is 3.55. The van der Waals surface area contributed by atoms with Gasteiger partial charge in [-0.25, -0.2) is 14.8 Å². The number of nitrogen functional groups attached to an aromatic ring is 1. The van der Waals surface area contributed by atoms with E-state index in [0.717, 1.165) is 10.6 Å². The van der Waals surface area contributed by atoms with E-state index in [0.29, 0.717) is 29.0 Å². The quantitative estimate of drug-likeness (QED) is 0.184. The summed E-state index contributed by atoms with van der Waals surface area (Å²) in [4.78, 5) is 45.6. The van der Waals surface area contributed by atoms with Gasteiger partial charge in [0.25, 0.3) is 0 Å². The molecule has 1 atom stereocenters. The zero-order chi connectivity index (χ0) is 27.7. The summed E-state index contributed by atoms with van der Waals surface area (Å²) in [5.41, 5.74) is 5.25. The van der Waals surface area contributed by atoms with Gasteiger partial charge in [-0.1, -0.05) is 11.8 Å². The number of carbonyl (C=O) groups is 1. The average Bonchev–Trinajstić information content (AvgIpc) is 3.46. The van der Waals surface area contributed by atoms with Gasteiger partial charge in [0.05, 0.1) is 25.6 Å². The smallest absolute Gasteiger partial charge is 0.497 e. The predicted octanol–water partition coefficient (Wildman–Crippen LogP) is 3.57. The molecule has 0 bridgehead atoms. The summed E-state index contributed by atoms with van der Waals surface area (Å²) in [5, 5.41) is 0.557. The standard InChI is InChI=1S/C23H30N5O8PS/c1-22(2,3)36-21(29)34-11-16(37(30,31)32)35-23(9-10-23)12-28-13-25-17-18(28)26-20(24)27-19(17)38-15-7-5-14(33-4)6-8-15/h5-8,13,16H,9-12H2,1-4H3,(H2,24,26,27)(H2,30,31,32). The molecule has 0 spiro atoms. The van der Waals surface area contributed by atoms with Gasteiger partial charge in [0.2, 0.25) is 5.95 Å². The zero-order valence-corrected chi connectivity index (χ0v) is 23.1. The van der Waals surface area contributed by atoms with Gasteiger partial charge < -0.3 is 39.0 Å². The minimum atomic E-state index is -4.78. The van der Waals surface area contributed by atoms with Crippen LogP contribution in [0.4, 0.5) is 10.7 Å². The van der Waals surface area contributed by atoms with E-state index in [9.17, 15) is 19.1 Å². The van der Waals surface area contributed by atoms with Crippen molar-refractivity contribution in [1.82, 2.24) is 19.5 Å². The highest BCUT2D eigenvalue weighted by Crippen LogP contribution is 2.50. The summed E-state index contributed by atoms with van der Waals surface area (Å²) in [6.07, 6.45) is 1.58. The van der Waals surface area contributed by atoms with Gasteiger partial charge >= 0.3 is 13.8 Å². The molecule has 1 aliphatic rings. The van der Waals surface area contributed by atoms with Crippen LogP contribution in [0.25, 0.3) is 11.2 Å². The topological polar surface area (TPSA) is 181 Å². The molecular weight excluding hydrogens is 537 g/mol. The molecule has 2 heterocycles. The number of nitrogens with two attached hydrogens (primary N) is 1. The number of nitrogens with zero attached hydrogens (tertiary/aromatic N) is 4. The molecule has 1 saturated carbocycles. The number of rotatable bonds is 10. The van der Waals surface area contributed by atoms with Crippen LogP contribution < -0.4 is 10.5 Å². The molecule has 13 nitrogen and oxygen atoms in total. The molecule has 206 valence electrons. The molecule has 1 fully saturated rings. The van der Waals surface area contributed by atoms with Gasteiger partial charge in [0.1, 0.15) is 28.5 Å². The molecule has 4 rings (SSSR count). The van der Waals surface area contributed by atoms with E-state index in [1.165, 1.54) is 11.8 Å². The maximum Gasteiger partial charge on any atom is 0.508 e. The third-order valence-electron chi connectivity index (χ3n) is 5.48. The van der Waals surface area contributed by atoms with Crippen molar-refractivity contribution in [2.75, 3.05) is 19.5 Å². The second-order valence-electron chi connectivity index (χ2n) is 9.83. The number of carbonyl (C=O) groups excluding carboxylic acids is 1. The van der Waals surface area contributed by atoms with Crippen LogP contribution in [-0.4, -0.2) is 66.2 Å². The maximum atomic E-state index is 12.1. The number of ether oxygens (including phenoxy) is 4. The van der Waals surface area contributed by atoms with E-state index in [-0.39, 0.29) is 12.5 Å². The van der Waals surface area contributed by atoms with Crippen molar-refractivity contribution in [3.8, 4) is 5.75 Å². The largest absolute Gasteiger partial charge is 0.508 e. The Bertz CT molecular complexity index is 1350. The monoisotopic (exact) mass is 567 g/mol. The summed E-state index contributed by atoms with van der Waals surface area (Å²) in [7, 11) is -3.18. The Hall–Kier alpha value is -2.90. The van der Waals surface area contributed by atoms with Crippen LogP contribution in [0.5, 0.6) is 5.75 Å². The highest BCUT2D eigenvalue weighted by atomic mass is 32.2. The van der Waals surface area contributed by atoms with Gasteiger partial charge in [-0.3, -0.25) is 4.57 Å². The van der Waals surface area contributed by atoms with Crippen molar-refractivity contribution >= 4 is 42.6 Å². The third kappa shape index (κ3) is 7.14. The summed E-state index contributed by atoms with van der Waals surface area (Å²) >= 11 is 1.37. The molecule has 0 saturated heterocycles. The van der Waals surface area contributed by atoms with Crippen molar-refractivity contribution in [2.45, 2.75) is 67.1 Å². The molecule has 1 aromatic carbocycles. The number of hydrogen-bond acceptors (Lipinski definition) is 11. The van der Waals surface area contributed by atoms with Crippen LogP contribution in [-0.2, 0) is 25.3 Å². The van der Waals surface area contributed by atoms with Crippen LogP contribution in [0.1, 0.15) is 33.6 Å². The molecule has 4 N–H and O–H groups in total. The van der Waals surface area contributed by atoms with Gasteiger partial charge in [-0.05, 0) is 57.9 Å². The van der Waals surface area contributed by atoms with Crippen molar-refractivity contribution in [3.05, 3.63) is 30.6 Å². The lowest BCUT2D eigenvalue weighted by Crippen LogP contribution is -2.33. The summed E-state index contributed by atoms with van der Waals surface area (Å²) in [5.74, 6) is -0.876. The molecule has 0 amide bonds. The number of methoxy groups -OCH3 is 1. The first kappa shape index (κ1) is 28.1. The maximum absolute atomic E-state index is 12.1. The number of aromatic nitrogens is 4. The van der Waals surface area contributed by atoms with Gasteiger partial charge in [-0.15, -0.1) is 0 Å². The van der Waals surface area contributed by atoms with E-state index in [1.807, 2.05) is 24.3 Å². The van der Waals surface area contributed by atoms with Crippen LogP contribution in [0, 0.1) is 0 Å². The Morgan fingerprint density at radius 1 is 1.24 bits per heavy atom. The molecule has 2 aromatic heterocycles. The van der Waals surface area contributed by atoms with E-state index >= 15 is 0 Å². The van der Waals surface area contributed by atoms with E-state index in [1.54, 1.807) is 38.8 Å². The summed E-state index contributed by atoms with van der Waals surface area (Å²) in [6, 6.07) is 7.44. The number of fused-ring (bicyclic) bond motifs is 1. The molecule has 1 aliphatic carbocycles. The Labute approximate surface area is 223 Å². The SMILES string of the molecule is COc1ccc(Sc2nc(N)nc3c2ncn3CC2(OC(COC(=O)OC(C)(C)C)P(=O)(O)O)CC2)cc1. The van der Waals surface area contributed by atoms with Crippen molar-refractivity contribution in [2.24, 2.45) is 0 Å². The first-order valence-electron chi connectivity index (χ1n) is 11.7. The van der Waals surface area contributed by atoms with E-state index in [4.69, 9.17) is 24.7 Å². The van der Waals surface area contributed by atoms with Gasteiger partial charge in [0.15, 0.2) is 11.5 Å². The fraction of sp³-hybridized carbons (Fsp3) is 0.478. The highest BCUT2D eigenvalue weighted by Gasteiger charge is 2.50. The number of hydrogen-bond donors (Lipinski definition) is 3. The van der Waals surface area contributed by atoms with Crippen LogP contribution >= 0.6 is 19.4 Å². The molecule has 38 heavy (non-hydrogen) atoms. The first-order valence-corrected chi connectivity index (χ1v) is 14.2. The Morgan fingerprint density at radius 3 is 2.50 bits per heavy atom. The number of anilines is 1. The normalized spacial score (nSPS) is 15.7. The van der Waals surface area contributed by atoms with E-state index < -0.39 is 37.4 Å². The number of imidazole rings is 1. The molecule has 0 aliphatic heterocycles. The van der Waals surface area contributed by atoms with Gasteiger partial charge in [0, 0.05) is 4.90 Å². The molecule has 3 aromatic rings. The van der Waals surface area contributed by atoms with E-state index in [2.05, 4.69) is 15.0 Å². The zero-order valence-electron chi connectivity index (χ0n) is 21.4. The Kier molecular flexibility index (Phi) is 7.91. The fourth-order valence-corrected chi connectivity index (χ4v) is 5.05. The molecular formula is C23H30N5O8PS. The molecule has 1 unspecified atom stereocenters. The average molecular weight is 568 g/mol. The number of benzene rings is 1. The third-order valence-corrected chi connectivity index (χ3v) is 7.47. The lowest BCUT2D eigenvalue weighted by atomic mass is 10.2. The van der Waals surface area contributed by atoms with Crippen molar-refractivity contribution < 1.29 is 38.1 Å². The first-order chi connectivity index (χ1) is 17.8. The van der Waals surface area contributed by atoms with Crippen molar-refractivity contribution in [3.63, 3.8) is 0 Å². The minimum absolute atomic E-state index is 0.0554. The van der Waals surface area contributed by atoms with Crippen LogP contribution in [0.2, 0.25) is 0 Å². The van der Waals surface area contributed by atoms with Crippen LogP contribution in [0.3, 0.4) is 0 Å². The summed E-state index contributed by atoms with van der Waals surface area (Å²) in [6.45, 7) is 4.49. The highest BCUT2D eigenvalue weighted by molar-refractivity contribution is 7.99. The summed E-state index contributed by atoms with van der Waals surface area (Å²) < 4.78 is 34.9. The van der Waals surface area contributed by atoms with Crippen LogP contribution in [0.15, 0.2) is 40.5 Å².